The number of benzene rings is 1. The standard InChI is InChI=1S/C20H27N5O3S3/c1-14-4-5-15(2)18(12-14)31(27,28)23-10-8-22(9-11-23)13-24-20(29)30-19(21-24)25(16(3)26)17-6-7-17/h4-5,12,17H,6-11,13H2,1-3H3. The molecule has 1 aliphatic carbocycles. The Bertz CT molecular complexity index is 1150. The van der Waals surface area contributed by atoms with Gasteiger partial charge in [0.25, 0.3) is 0 Å². The van der Waals surface area contributed by atoms with Crippen LogP contribution in [0.1, 0.15) is 30.9 Å². The van der Waals surface area contributed by atoms with Crippen LogP contribution in [0.15, 0.2) is 23.1 Å². The van der Waals surface area contributed by atoms with Gasteiger partial charge in [0.15, 0.2) is 3.95 Å². The molecule has 0 unspecified atom stereocenters. The molecule has 1 aliphatic heterocycles. The lowest BCUT2D eigenvalue weighted by atomic mass is 10.2. The zero-order valence-corrected chi connectivity index (χ0v) is 20.4. The topological polar surface area (TPSA) is 78.8 Å². The fourth-order valence-electron chi connectivity index (χ4n) is 3.79. The fourth-order valence-corrected chi connectivity index (χ4v) is 6.72. The number of amides is 1. The molecule has 0 radical (unpaired) electrons. The van der Waals surface area contributed by atoms with Crippen LogP contribution in [0.2, 0.25) is 0 Å². The third-order valence-corrected chi connectivity index (χ3v) is 9.03. The highest BCUT2D eigenvalue weighted by Crippen LogP contribution is 2.33. The average Bonchev–Trinajstić information content (AvgIpc) is 3.47. The number of carbonyl (C=O) groups is 1. The van der Waals surface area contributed by atoms with Crippen LogP contribution in [0.5, 0.6) is 0 Å². The van der Waals surface area contributed by atoms with Gasteiger partial charge in [-0.25, -0.2) is 13.1 Å². The van der Waals surface area contributed by atoms with Gasteiger partial charge in [-0.2, -0.15) is 4.31 Å². The van der Waals surface area contributed by atoms with Gasteiger partial charge in [0.2, 0.25) is 21.1 Å². The number of sulfonamides is 1. The Kier molecular flexibility index (Phi) is 6.32. The monoisotopic (exact) mass is 481 g/mol. The lowest BCUT2D eigenvalue weighted by molar-refractivity contribution is -0.116. The molecular formula is C20H27N5O3S3. The van der Waals surface area contributed by atoms with Crippen LogP contribution < -0.4 is 4.90 Å². The highest BCUT2D eigenvalue weighted by atomic mass is 32.2. The van der Waals surface area contributed by atoms with Crippen LogP contribution in [0.4, 0.5) is 5.13 Å². The number of aryl methyl sites for hydroxylation is 2. The summed E-state index contributed by atoms with van der Waals surface area (Å²) in [6, 6.07) is 5.76. The third kappa shape index (κ3) is 4.75. The molecule has 31 heavy (non-hydrogen) atoms. The summed E-state index contributed by atoms with van der Waals surface area (Å²) in [5.74, 6) is -0.0105. The van der Waals surface area contributed by atoms with Gasteiger partial charge in [-0.05, 0) is 56.1 Å². The summed E-state index contributed by atoms with van der Waals surface area (Å²) in [6.07, 6.45) is 2.01. The zero-order chi connectivity index (χ0) is 22.3. The maximum absolute atomic E-state index is 13.1. The molecule has 1 aromatic heterocycles. The molecule has 11 heteroatoms. The molecule has 4 rings (SSSR count). The van der Waals surface area contributed by atoms with Crippen molar-refractivity contribution >= 4 is 44.6 Å². The van der Waals surface area contributed by atoms with Crippen molar-refractivity contribution in [1.29, 1.82) is 0 Å². The van der Waals surface area contributed by atoms with Crippen molar-refractivity contribution < 1.29 is 13.2 Å². The van der Waals surface area contributed by atoms with Crippen molar-refractivity contribution in [3.63, 3.8) is 0 Å². The maximum atomic E-state index is 13.1. The average molecular weight is 482 g/mol. The molecule has 1 aromatic carbocycles. The van der Waals surface area contributed by atoms with Gasteiger partial charge in [0.1, 0.15) is 0 Å². The molecule has 0 N–H and O–H groups in total. The predicted octanol–water partition coefficient (Wildman–Crippen LogP) is 2.77. The Morgan fingerprint density at radius 2 is 1.90 bits per heavy atom. The van der Waals surface area contributed by atoms with E-state index in [0.29, 0.717) is 46.8 Å². The molecule has 1 amide bonds. The van der Waals surface area contributed by atoms with E-state index in [1.54, 1.807) is 26.9 Å². The van der Waals surface area contributed by atoms with Crippen molar-refractivity contribution in [1.82, 2.24) is 19.0 Å². The summed E-state index contributed by atoms with van der Waals surface area (Å²) >= 11 is 6.83. The number of hydrogen-bond acceptors (Lipinski definition) is 7. The summed E-state index contributed by atoms with van der Waals surface area (Å²) in [5, 5.41) is 5.24. The van der Waals surface area contributed by atoms with E-state index in [2.05, 4.69) is 10.00 Å². The Labute approximate surface area is 192 Å². The second-order valence-electron chi connectivity index (χ2n) is 8.20. The van der Waals surface area contributed by atoms with Crippen molar-refractivity contribution in [2.75, 3.05) is 31.1 Å². The predicted molar refractivity (Wildman–Crippen MR) is 123 cm³/mol. The van der Waals surface area contributed by atoms with Gasteiger partial charge in [-0.15, -0.1) is 5.10 Å². The number of carbonyl (C=O) groups excluding carboxylic acids is 1. The number of aromatic nitrogens is 2. The summed E-state index contributed by atoms with van der Waals surface area (Å²) in [6.45, 7) is 7.80. The minimum Gasteiger partial charge on any atom is -0.284 e. The Hall–Kier alpha value is -1.66. The van der Waals surface area contributed by atoms with E-state index < -0.39 is 10.0 Å². The van der Waals surface area contributed by atoms with Crippen LogP contribution in [0.25, 0.3) is 0 Å². The molecule has 8 nitrogen and oxygen atoms in total. The van der Waals surface area contributed by atoms with Gasteiger partial charge in [-0.1, -0.05) is 23.5 Å². The van der Waals surface area contributed by atoms with E-state index in [-0.39, 0.29) is 11.9 Å². The molecule has 168 valence electrons. The number of piperazine rings is 1. The summed E-state index contributed by atoms with van der Waals surface area (Å²) in [5.41, 5.74) is 1.70. The first-order valence-electron chi connectivity index (χ1n) is 10.3. The maximum Gasteiger partial charge on any atom is 0.243 e. The summed E-state index contributed by atoms with van der Waals surface area (Å²) in [7, 11) is -3.52. The van der Waals surface area contributed by atoms with Crippen molar-refractivity contribution in [2.45, 2.75) is 51.2 Å². The van der Waals surface area contributed by atoms with E-state index in [4.69, 9.17) is 12.2 Å². The molecule has 1 saturated heterocycles. The highest BCUT2D eigenvalue weighted by molar-refractivity contribution is 7.89. The molecule has 0 spiro atoms. The first-order chi connectivity index (χ1) is 14.7. The number of hydrogen-bond donors (Lipinski definition) is 0. The van der Waals surface area contributed by atoms with Crippen LogP contribution in [-0.4, -0.2) is 65.5 Å². The molecule has 2 fully saturated rings. The fraction of sp³-hybridized carbons (Fsp3) is 0.550. The normalized spacial score (nSPS) is 18.3. The third-order valence-electron chi connectivity index (χ3n) is 5.68. The molecule has 1 saturated carbocycles. The second-order valence-corrected chi connectivity index (χ2v) is 11.7. The SMILES string of the molecule is CC(=O)N(c1nn(CN2CCN(S(=O)(=O)c3cc(C)ccc3C)CC2)c(=S)s1)C1CC1. The van der Waals surface area contributed by atoms with E-state index in [1.165, 1.54) is 11.3 Å². The first kappa shape index (κ1) is 22.5. The van der Waals surface area contributed by atoms with E-state index in [1.807, 2.05) is 26.0 Å². The van der Waals surface area contributed by atoms with Gasteiger partial charge in [0, 0.05) is 39.1 Å². The molecule has 2 heterocycles. The molecule has 0 atom stereocenters. The van der Waals surface area contributed by atoms with E-state index >= 15 is 0 Å². The van der Waals surface area contributed by atoms with Gasteiger partial charge in [0.05, 0.1) is 11.6 Å². The van der Waals surface area contributed by atoms with Crippen LogP contribution in [0, 0.1) is 17.8 Å². The number of anilines is 1. The van der Waals surface area contributed by atoms with Gasteiger partial charge < -0.3 is 0 Å². The number of rotatable bonds is 6. The lowest BCUT2D eigenvalue weighted by Crippen LogP contribution is -2.49. The minimum atomic E-state index is -3.52. The minimum absolute atomic E-state index is 0.0105. The molecule has 0 bridgehead atoms. The van der Waals surface area contributed by atoms with Crippen LogP contribution in [0.3, 0.4) is 0 Å². The number of nitrogens with zero attached hydrogens (tertiary/aromatic N) is 5. The van der Waals surface area contributed by atoms with Gasteiger partial charge >= 0.3 is 0 Å². The van der Waals surface area contributed by atoms with Crippen molar-refractivity contribution in [2.24, 2.45) is 0 Å². The smallest absolute Gasteiger partial charge is 0.243 e. The van der Waals surface area contributed by atoms with E-state index in [0.717, 1.165) is 24.0 Å². The van der Waals surface area contributed by atoms with Gasteiger partial charge in [-0.3, -0.25) is 14.6 Å². The quantitative estimate of drug-likeness (QED) is 0.591. The lowest BCUT2D eigenvalue weighted by Gasteiger charge is -2.34. The Morgan fingerprint density at radius 1 is 1.23 bits per heavy atom. The van der Waals surface area contributed by atoms with Crippen molar-refractivity contribution in [3.05, 3.63) is 33.3 Å². The highest BCUT2D eigenvalue weighted by Gasteiger charge is 2.34. The molecular weight excluding hydrogens is 454 g/mol. The Morgan fingerprint density at radius 3 is 2.52 bits per heavy atom. The Balaban J connectivity index is 1.42. The van der Waals surface area contributed by atoms with Crippen LogP contribution in [-0.2, 0) is 21.5 Å². The van der Waals surface area contributed by atoms with E-state index in [9.17, 15) is 13.2 Å². The summed E-state index contributed by atoms with van der Waals surface area (Å²) in [4.78, 5) is 16.3. The zero-order valence-electron chi connectivity index (χ0n) is 17.9. The summed E-state index contributed by atoms with van der Waals surface area (Å²) < 4.78 is 30.2. The molecule has 2 aromatic rings. The second kappa shape index (κ2) is 8.70. The largest absolute Gasteiger partial charge is 0.284 e. The first-order valence-corrected chi connectivity index (χ1v) is 13.0. The van der Waals surface area contributed by atoms with Crippen LogP contribution >= 0.6 is 23.6 Å². The van der Waals surface area contributed by atoms with Crippen molar-refractivity contribution in [3.8, 4) is 0 Å². The molecule has 2 aliphatic rings.